The molecule has 8 rings (SSSR count). The molecule has 0 unspecified atom stereocenters. The molecule has 8 nitrogen and oxygen atoms in total. The average Bonchev–Trinajstić information content (AvgIpc) is 3.24. The predicted molar refractivity (Wildman–Crippen MR) is 250 cm³/mol. The fraction of sp³-hybridized carbons (Fsp3) is 0.294. The summed E-state index contributed by atoms with van der Waals surface area (Å²) in [5.41, 5.74) is 31.4. The smallest absolute Gasteiger partial charge is 0.242 e. The first-order chi connectivity index (χ1) is 28.8. The van der Waals surface area contributed by atoms with E-state index < -0.39 is 0 Å². The van der Waals surface area contributed by atoms with Gasteiger partial charge in [-0.15, -0.1) is 9.13 Å². The molecule has 0 spiro atoms. The van der Waals surface area contributed by atoms with Gasteiger partial charge in [-0.1, -0.05) is 82.3 Å². The van der Waals surface area contributed by atoms with Crippen LogP contribution in [0.1, 0.15) is 81.0 Å². The maximum Gasteiger partial charge on any atom is 0.242 e. The van der Waals surface area contributed by atoms with Crippen LogP contribution in [0.25, 0.3) is 55.5 Å². The minimum atomic E-state index is 0.775. The molecule has 0 bridgehead atoms. The van der Waals surface area contributed by atoms with Gasteiger partial charge in [-0.25, -0.2) is 9.97 Å². The number of nitrogens with zero attached hydrogens (tertiary/aromatic N) is 4. The van der Waals surface area contributed by atoms with Crippen molar-refractivity contribution < 1.29 is 9.13 Å². The predicted octanol–water partition coefficient (Wildman–Crippen LogP) is 11.3. The molecule has 0 saturated heterocycles. The number of nitrogen functional groups attached to an aromatic ring is 2. The van der Waals surface area contributed by atoms with E-state index in [0.717, 1.165) is 115 Å². The van der Waals surface area contributed by atoms with E-state index in [0.29, 0.717) is 0 Å². The normalized spacial score (nSPS) is 11.3. The minimum absolute atomic E-state index is 0.775. The lowest BCUT2D eigenvalue weighted by Gasteiger charge is -2.13. The van der Waals surface area contributed by atoms with Crippen molar-refractivity contribution in [1.82, 2.24) is 9.97 Å². The number of hydrogen-bond acceptors (Lipinski definition) is 6. The summed E-state index contributed by atoms with van der Waals surface area (Å²) in [4.78, 5) is 10.1. The summed E-state index contributed by atoms with van der Waals surface area (Å²) in [6, 6.07) is 38.1. The summed E-state index contributed by atoms with van der Waals surface area (Å²) in [5.74, 6) is 0. The van der Waals surface area contributed by atoms with Gasteiger partial charge in [0.15, 0.2) is 0 Å². The van der Waals surface area contributed by atoms with Crippen molar-refractivity contribution in [2.24, 2.45) is 0 Å². The monoisotopic (exact) mass is 784 g/mol. The number of nitrogens with one attached hydrogen (secondary N) is 2. The van der Waals surface area contributed by atoms with Crippen molar-refractivity contribution in [3.05, 3.63) is 131 Å². The number of para-hydroxylation sites is 2. The Morgan fingerprint density at radius 3 is 1.46 bits per heavy atom. The quantitative estimate of drug-likeness (QED) is 0.0378. The second-order valence-corrected chi connectivity index (χ2v) is 15.6. The van der Waals surface area contributed by atoms with Gasteiger partial charge in [0.1, 0.15) is 22.1 Å². The van der Waals surface area contributed by atoms with E-state index in [1.165, 1.54) is 43.2 Å². The van der Waals surface area contributed by atoms with Crippen LogP contribution in [0.4, 0.5) is 22.7 Å². The summed E-state index contributed by atoms with van der Waals surface area (Å²) in [5, 5.41) is 7.49. The number of rotatable bonds is 14. The van der Waals surface area contributed by atoms with Crippen molar-refractivity contribution in [1.29, 1.82) is 0 Å². The third-order valence-electron chi connectivity index (χ3n) is 11.4. The fourth-order valence-electron chi connectivity index (χ4n) is 8.11. The van der Waals surface area contributed by atoms with Gasteiger partial charge in [-0.2, -0.15) is 0 Å². The molecule has 6 aromatic carbocycles. The van der Waals surface area contributed by atoms with E-state index in [1.54, 1.807) is 0 Å². The van der Waals surface area contributed by atoms with Crippen molar-refractivity contribution in [2.75, 3.05) is 35.2 Å². The largest absolute Gasteiger partial charge is 0.398 e. The molecule has 0 aliphatic rings. The van der Waals surface area contributed by atoms with Crippen LogP contribution in [0.2, 0.25) is 0 Å². The molecule has 0 saturated carbocycles. The maximum atomic E-state index is 6.41. The molecule has 2 heterocycles. The van der Waals surface area contributed by atoms with E-state index in [1.807, 2.05) is 27.7 Å². The topological polar surface area (TPSA) is 110 Å². The number of aromatic nitrogens is 4. The lowest BCUT2D eigenvalue weighted by atomic mass is 10.1. The van der Waals surface area contributed by atoms with Gasteiger partial charge in [0.25, 0.3) is 0 Å². The van der Waals surface area contributed by atoms with Gasteiger partial charge in [-0.3, -0.25) is 0 Å². The van der Waals surface area contributed by atoms with Gasteiger partial charge in [0, 0.05) is 83.9 Å². The van der Waals surface area contributed by atoms with Gasteiger partial charge in [0.2, 0.25) is 33.4 Å². The molecule has 59 heavy (non-hydrogen) atoms. The number of nitrogens with two attached hydrogens (primary N) is 2. The van der Waals surface area contributed by atoms with Crippen LogP contribution in [-0.4, -0.2) is 23.1 Å². The Labute approximate surface area is 349 Å². The van der Waals surface area contributed by atoms with Crippen molar-refractivity contribution in [3.63, 3.8) is 0 Å². The highest BCUT2D eigenvalue weighted by Crippen LogP contribution is 2.29. The van der Waals surface area contributed by atoms with E-state index >= 15 is 0 Å². The second kappa shape index (κ2) is 18.5. The Morgan fingerprint density at radius 2 is 0.898 bits per heavy atom. The molecule has 302 valence electrons. The van der Waals surface area contributed by atoms with Crippen LogP contribution in [0.15, 0.2) is 109 Å². The van der Waals surface area contributed by atoms with E-state index in [9.17, 15) is 0 Å². The van der Waals surface area contributed by atoms with Crippen LogP contribution in [0, 0.1) is 27.7 Å². The number of unbranched alkanes of at least 4 members (excludes halogenated alkanes) is 6. The molecule has 0 atom stereocenters. The van der Waals surface area contributed by atoms with Crippen molar-refractivity contribution in [3.8, 4) is 11.4 Å². The summed E-state index contributed by atoms with van der Waals surface area (Å²) >= 11 is 0. The zero-order valence-corrected chi connectivity index (χ0v) is 35.7. The first-order valence-electron chi connectivity index (χ1n) is 21.5. The van der Waals surface area contributed by atoms with Gasteiger partial charge < -0.3 is 22.1 Å². The number of fused-ring (bicyclic) bond motifs is 4. The summed E-state index contributed by atoms with van der Waals surface area (Å²) < 4.78 is 4.60. The first kappa shape index (κ1) is 40.9. The summed E-state index contributed by atoms with van der Waals surface area (Å²) in [6.07, 6.45) is 8.50. The standard InChI is InChI=1S/C49H52N8.C2H6/c1-32-26-43-46(29-38(32)50)56(36-18-12-10-13-19-36)48-31-42(34(3)28-45(48)55-43)53-25-17-9-7-5-6-8-16-24-52-40-22-23-41-49(35(40)4)57(37-20-14-11-15-21-37)47-30-39(51)33(2)27-44(47)54-41;1-2/h10-15,18-23,26-31H,5-9,16-17,24-25H2,1-4H3,(H4,50,51,52,53);1-2H3/p+2. The number of aryl methyl sites for hydroxylation is 4. The fourth-order valence-corrected chi connectivity index (χ4v) is 8.11. The average molecular weight is 785 g/mol. The van der Waals surface area contributed by atoms with Gasteiger partial charge in [0.05, 0.1) is 0 Å². The number of benzene rings is 6. The van der Waals surface area contributed by atoms with Crippen LogP contribution in [0.3, 0.4) is 0 Å². The van der Waals surface area contributed by atoms with Crippen LogP contribution in [-0.2, 0) is 0 Å². The summed E-state index contributed by atoms with van der Waals surface area (Å²) in [7, 11) is 0. The third kappa shape index (κ3) is 8.77. The highest BCUT2D eigenvalue weighted by molar-refractivity contribution is 5.89. The van der Waals surface area contributed by atoms with Crippen LogP contribution in [0.5, 0.6) is 0 Å². The Balaban J connectivity index is 0.00000260. The Hall–Kier alpha value is -6.28. The van der Waals surface area contributed by atoms with Crippen molar-refractivity contribution >= 4 is 66.9 Å². The Morgan fingerprint density at radius 1 is 0.458 bits per heavy atom. The molecule has 0 aliphatic heterocycles. The van der Waals surface area contributed by atoms with Gasteiger partial charge >= 0.3 is 0 Å². The summed E-state index contributed by atoms with van der Waals surface area (Å²) in [6.45, 7) is 14.3. The Kier molecular flexibility index (Phi) is 12.9. The zero-order valence-electron chi connectivity index (χ0n) is 35.7. The zero-order chi connectivity index (χ0) is 41.5. The van der Waals surface area contributed by atoms with E-state index in [-0.39, 0.29) is 0 Å². The van der Waals surface area contributed by atoms with E-state index in [2.05, 4.69) is 143 Å². The molecule has 0 fully saturated rings. The molecule has 0 aliphatic carbocycles. The van der Waals surface area contributed by atoms with Crippen molar-refractivity contribution in [2.45, 2.75) is 86.5 Å². The van der Waals surface area contributed by atoms with Crippen LogP contribution >= 0.6 is 0 Å². The molecule has 2 aromatic heterocycles. The lowest BCUT2D eigenvalue weighted by molar-refractivity contribution is -0.538. The molecular weight excluding hydrogens is 725 g/mol. The first-order valence-corrected chi connectivity index (χ1v) is 21.5. The number of anilines is 4. The highest BCUT2D eigenvalue weighted by atomic mass is 15.0. The lowest BCUT2D eigenvalue weighted by Crippen LogP contribution is -2.34. The third-order valence-corrected chi connectivity index (χ3v) is 11.4. The van der Waals surface area contributed by atoms with Gasteiger partial charge in [-0.05, 0) is 87.6 Å². The molecule has 8 aromatic rings. The number of hydrogen-bond donors (Lipinski definition) is 4. The highest BCUT2D eigenvalue weighted by Gasteiger charge is 2.24. The Bertz CT molecular complexity index is 2700. The minimum Gasteiger partial charge on any atom is -0.398 e. The van der Waals surface area contributed by atoms with Crippen LogP contribution < -0.4 is 31.2 Å². The molecule has 6 N–H and O–H groups in total. The molecule has 0 radical (unpaired) electrons. The SMILES string of the molecule is CC.Cc1cc2nc3cc(C)c(NCCCCCCCCCNc4ccc5nc6cc(C)c(N)cc6[n+](-c6ccccc6)c5c4C)cc3[n+](-c3ccccc3)c2cc1N. The maximum absolute atomic E-state index is 6.41. The molecular formula is C51H60N8+2. The molecule has 0 amide bonds. The second-order valence-electron chi connectivity index (χ2n) is 15.6. The van der Waals surface area contributed by atoms with E-state index in [4.69, 9.17) is 21.4 Å². The molecule has 8 heteroatoms.